The Morgan fingerprint density at radius 2 is 2.14 bits per heavy atom. The summed E-state index contributed by atoms with van der Waals surface area (Å²) >= 11 is 3.39. The van der Waals surface area contributed by atoms with Crippen LogP contribution in [0.25, 0.3) is 0 Å². The van der Waals surface area contributed by atoms with E-state index in [-0.39, 0.29) is 0 Å². The van der Waals surface area contributed by atoms with Gasteiger partial charge < -0.3 is 4.12 Å². The Labute approximate surface area is 57.2 Å². The molecule has 0 heterocycles. The van der Waals surface area contributed by atoms with Crippen molar-refractivity contribution >= 4 is 34.7 Å². The van der Waals surface area contributed by atoms with E-state index in [4.69, 9.17) is 4.12 Å². The third-order valence-electron chi connectivity index (χ3n) is 0.874. The molecule has 44 valence electrons. The van der Waals surface area contributed by atoms with Crippen molar-refractivity contribution in [3.8, 4) is 0 Å². The standard InChI is InChI=1S/C3H11BrOSi2/c1-7(2,3-4)5-6/h3H2,1-2,6H3. The quantitative estimate of drug-likeness (QED) is 0.462. The summed E-state index contributed by atoms with van der Waals surface area (Å²) in [4.78, 5) is 1.06. The predicted molar refractivity (Wildman–Crippen MR) is 42.3 cm³/mol. The highest BCUT2D eigenvalue weighted by atomic mass is 79.9. The van der Waals surface area contributed by atoms with Crippen molar-refractivity contribution in [2.24, 2.45) is 0 Å². The van der Waals surface area contributed by atoms with Crippen LogP contribution >= 0.6 is 15.9 Å². The molecule has 7 heavy (non-hydrogen) atoms. The lowest BCUT2D eigenvalue weighted by molar-refractivity contribution is 0.619. The van der Waals surface area contributed by atoms with E-state index in [0.717, 1.165) is 15.4 Å². The van der Waals surface area contributed by atoms with Crippen LogP contribution in [0.5, 0.6) is 0 Å². The third-order valence-corrected chi connectivity index (χ3v) is 9.99. The summed E-state index contributed by atoms with van der Waals surface area (Å²) in [6.07, 6.45) is 0. The van der Waals surface area contributed by atoms with Gasteiger partial charge in [-0.25, -0.2) is 0 Å². The average molecular weight is 199 g/mol. The van der Waals surface area contributed by atoms with Crippen molar-refractivity contribution in [2.45, 2.75) is 13.1 Å². The Kier molecular flexibility index (Phi) is 3.39. The van der Waals surface area contributed by atoms with Crippen LogP contribution in [0, 0.1) is 0 Å². The first-order valence-corrected chi connectivity index (χ1v) is 7.29. The van der Waals surface area contributed by atoms with Gasteiger partial charge in [-0.1, -0.05) is 15.9 Å². The topological polar surface area (TPSA) is 9.23 Å². The Balaban J connectivity index is 3.36. The molecular weight excluding hydrogens is 188 g/mol. The molecule has 0 atom stereocenters. The Bertz CT molecular complexity index is 50.9. The molecule has 0 radical (unpaired) electrons. The van der Waals surface area contributed by atoms with Crippen molar-refractivity contribution in [1.82, 2.24) is 0 Å². The monoisotopic (exact) mass is 198 g/mol. The molecule has 0 aromatic rings. The lowest BCUT2D eigenvalue weighted by Gasteiger charge is -2.15. The van der Waals surface area contributed by atoms with Crippen molar-refractivity contribution in [2.75, 3.05) is 4.95 Å². The van der Waals surface area contributed by atoms with E-state index >= 15 is 0 Å². The maximum absolute atomic E-state index is 5.32. The molecule has 0 aromatic heterocycles. The van der Waals surface area contributed by atoms with Crippen molar-refractivity contribution < 1.29 is 4.12 Å². The van der Waals surface area contributed by atoms with E-state index in [1.165, 1.54) is 0 Å². The SMILES string of the molecule is C[Si](C)(CBr)O[SiH3]. The van der Waals surface area contributed by atoms with Crippen LogP contribution in [-0.4, -0.2) is 23.8 Å². The predicted octanol–water partition coefficient (Wildman–Crippen LogP) is 0.423. The largest absolute Gasteiger partial charge is 0.463 e. The molecule has 0 rings (SSSR count). The number of rotatable bonds is 2. The minimum atomic E-state index is -1.17. The maximum Gasteiger partial charge on any atom is 0.183 e. The summed E-state index contributed by atoms with van der Waals surface area (Å²) in [7, 11) is -0.284. The van der Waals surface area contributed by atoms with Gasteiger partial charge in [0.25, 0.3) is 0 Å². The third kappa shape index (κ3) is 3.46. The van der Waals surface area contributed by atoms with E-state index in [9.17, 15) is 0 Å². The van der Waals surface area contributed by atoms with Gasteiger partial charge in [0.2, 0.25) is 0 Å². The van der Waals surface area contributed by atoms with Gasteiger partial charge in [-0.15, -0.1) is 0 Å². The number of halogens is 1. The van der Waals surface area contributed by atoms with Crippen LogP contribution in [-0.2, 0) is 4.12 Å². The molecule has 0 saturated heterocycles. The zero-order chi connectivity index (χ0) is 5.91. The Hall–Kier alpha value is 0.874. The number of alkyl halides is 1. The summed E-state index contributed by atoms with van der Waals surface area (Å²) in [5.41, 5.74) is 0. The fourth-order valence-electron chi connectivity index (χ4n) is 0.0546. The van der Waals surface area contributed by atoms with Crippen molar-refractivity contribution in [3.63, 3.8) is 0 Å². The van der Waals surface area contributed by atoms with Gasteiger partial charge in [0.15, 0.2) is 8.32 Å². The van der Waals surface area contributed by atoms with Gasteiger partial charge in [0.05, 0.1) is 0 Å². The molecule has 0 N–H and O–H groups in total. The van der Waals surface area contributed by atoms with Gasteiger partial charge in [-0.05, 0) is 13.1 Å². The number of hydrogen-bond acceptors (Lipinski definition) is 1. The van der Waals surface area contributed by atoms with E-state index < -0.39 is 8.32 Å². The molecule has 0 aliphatic heterocycles. The molecule has 0 aliphatic carbocycles. The first-order chi connectivity index (χ1) is 3.12. The van der Waals surface area contributed by atoms with E-state index in [0.29, 0.717) is 0 Å². The van der Waals surface area contributed by atoms with Crippen LogP contribution in [0.1, 0.15) is 0 Å². The molecule has 0 spiro atoms. The van der Waals surface area contributed by atoms with E-state index in [1.807, 2.05) is 0 Å². The van der Waals surface area contributed by atoms with Crippen molar-refractivity contribution in [3.05, 3.63) is 0 Å². The highest BCUT2D eigenvalue weighted by Crippen LogP contribution is 2.03. The molecule has 0 unspecified atom stereocenters. The normalized spacial score (nSPS) is 12.4. The van der Waals surface area contributed by atoms with Gasteiger partial charge >= 0.3 is 0 Å². The van der Waals surface area contributed by atoms with Gasteiger partial charge in [-0.3, -0.25) is 0 Å². The number of hydrogen-bond donors (Lipinski definition) is 0. The summed E-state index contributed by atoms with van der Waals surface area (Å²) in [5.74, 6) is 0. The molecular formula is C3H11BrOSi2. The molecule has 4 heteroatoms. The zero-order valence-electron chi connectivity index (χ0n) is 4.99. The van der Waals surface area contributed by atoms with Crippen molar-refractivity contribution in [1.29, 1.82) is 0 Å². The summed E-state index contributed by atoms with van der Waals surface area (Å²) in [6.45, 7) is 4.41. The highest BCUT2D eigenvalue weighted by molar-refractivity contribution is 9.09. The smallest absolute Gasteiger partial charge is 0.183 e. The van der Waals surface area contributed by atoms with Crippen LogP contribution in [0.2, 0.25) is 13.1 Å². The van der Waals surface area contributed by atoms with Crippen LogP contribution in [0.15, 0.2) is 0 Å². The minimum Gasteiger partial charge on any atom is -0.463 e. The average Bonchev–Trinajstić information content (AvgIpc) is 1.68. The van der Waals surface area contributed by atoms with Gasteiger partial charge in [-0.2, -0.15) is 0 Å². The summed E-state index contributed by atoms with van der Waals surface area (Å²) in [6, 6.07) is 0. The molecule has 0 saturated carbocycles. The maximum atomic E-state index is 5.32. The first-order valence-electron chi connectivity index (χ1n) is 2.23. The van der Waals surface area contributed by atoms with Gasteiger partial charge in [0.1, 0.15) is 10.5 Å². The Morgan fingerprint density at radius 3 is 2.14 bits per heavy atom. The van der Waals surface area contributed by atoms with E-state index in [2.05, 4.69) is 29.0 Å². The Morgan fingerprint density at radius 1 is 1.71 bits per heavy atom. The molecule has 0 bridgehead atoms. The molecule has 0 aromatic carbocycles. The highest BCUT2D eigenvalue weighted by Gasteiger charge is 2.16. The van der Waals surface area contributed by atoms with Crippen LogP contribution in [0.3, 0.4) is 0 Å². The van der Waals surface area contributed by atoms with Crippen LogP contribution < -0.4 is 0 Å². The van der Waals surface area contributed by atoms with Crippen LogP contribution in [0.4, 0.5) is 0 Å². The zero-order valence-corrected chi connectivity index (χ0v) is 9.58. The fourth-order valence-corrected chi connectivity index (χ4v) is 2.55. The summed E-state index contributed by atoms with van der Waals surface area (Å²) in [5, 5.41) is 0. The minimum absolute atomic E-state index is 0.889. The molecule has 1 nitrogen and oxygen atoms in total. The van der Waals surface area contributed by atoms with Gasteiger partial charge in [0, 0.05) is 4.95 Å². The van der Waals surface area contributed by atoms with E-state index in [1.54, 1.807) is 0 Å². The molecule has 0 amide bonds. The second-order valence-electron chi connectivity index (χ2n) is 2.10. The second-order valence-corrected chi connectivity index (χ2v) is 9.20. The lowest BCUT2D eigenvalue weighted by Crippen LogP contribution is -2.31. The lowest BCUT2D eigenvalue weighted by atomic mass is 11.8. The fraction of sp³-hybridized carbons (Fsp3) is 1.00. The summed E-state index contributed by atoms with van der Waals surface area (Å²) < 4.78 is 5.32. The molecule has 0 fully saturated rings. The molecule has 0 aliphatic rings. The second kappa shape index (κ2) is 3.01. The first kappa shape index (κ1) is 7.87.